The van der Waals surface area contributed by atoms with Crippen LogP contribution < -0.4 is 10.2 Å². The smallest absolute Gasteiger partial charge is 0.271 e. The number of aliphatic hydroxyl groups excluding tert-OH is 4. The maximum atomic E-state index is 11.9. The van der Waals surface area contributed by atoms with E-state index in [2.05, 4.69) is 15.5 Å². The number of hydrogen-bond acceptors (Lipinski definition) is 9. The van der Waals surface area contributed by atoms with Crippen molar-refractivity contribution in [3.63, 3.8) is 0 Å². The molecule has 1 amide bonds. The molecule has 0 bridgehead atoms. The number of nitrogens with zero attached hydrogens (tertiary/aromatic N) is 2. The third-order valence-electron chi connectivity index (χ3n) is 4.30. The molecule has 0 saturated carbocycles. The van der Waals surface area contributed by atoms with Gasteiger partial charge < -0.3 is 29.9 Å². The van der Waals surface area contributed by atoms with Crippen molar-refractivity contribution in [2.75, 3.05) is 6.61 Å². The summed E-state index contributed by atoms with van der Waals surface area (Å²) in [5.74, 6) is -0.0430. The summed E-state index contributed by atoms with van der Waals surface area (Å²) >= 11 is 0. The third kappa shape index (κ3) is 5.13. The van der Waals surface area contributed by atoms with Crippen LogP contribution in [0.1, 0.15) is 15.9 Å². The zero-order chi connectivity index (χ0) is 20.8. The second kappa shape index (κ2) is 9.54. The second-order valence-electron chi connectivity index (χ2n) is 6.32. The number of hydrazone groups is 1. The van der Waals surface area contributed by atoms with Crippen molar-refractivity contribution in [2.24, 2.45) is 5.10 Å². The molecule has 2 aromatic rings. The molecule has 154 valence electrons. The molecular weight excluding hydrogens is 382 g/mol. The Balaban J connectivity index is 1.56. The zero-order valence-electron chi connectivity index (χ0n) is 15.2. The first-order valence-electron chi connectivity index (χ1n) is 8.80. The number of rotatable bonds is 6. The first-order valence-corrected chi connectivity index (χ1v) is 8.80. The summed E-state index contributed by atoms with van der Waals surface area (Å²) < 4.78 is 10.8. The van der Waals surface area contributed by atoms with Gasteiger partial charge in [-0.05, 0) is 42.0 Å². The standard InChI is InChI=1S/C19H21N3O7/c23-10-14-15(24)16(25)17(26)19(29-14)28-13-3-1-11(2-4-13)9-21-22-18(27)12-5-7-20-8-6-12/h1-9,14-17,19,23-26H,10H2,(H,22,27). The molecule has 10 heteroatoms. The number of carbonyl (C=O) groups is 1. The Morgan fingerprint density at radius 1 is 1.10 bits per heavy atom. The molecule has 1 fully saturated rings. The lowest BCUT2D eigenvalue weighted by atomic mass is 9.99. The van der Waals surface area contributed by atoms with Gasteiger partial charge >= 0.3 is 0 Å². The minimum atomic E-state index is -1.51. The van der Waals surface area contributed by atoms with Crippen molar-refractivity contribution in [3.8, 4) is 5.75 Å². The van der Waals surface area contributed by atoms with Crippen LogP contribution in [0.5, 0.6) is 5.75 Å². The van der Waals surface area contributed by atoms with Crippen molar-refractivity contribution < 1.29 is 34.7 Å². The van der Waals surface area contributed by atoms with Crippen LogP contribution in [0.15, 0.2) is 53.9 Å². The SMILES string of the molecule is O=C(NN=Cc1ccc(OC2OC(CO)C(O)C(O)C2O)cc1)c1ccncc1. The Hall–Kier alpha value is -2.89. The number of benzene rings is 1. The molecule has 0 radical (unpaired) electrons. The van der Waals surface area contributed by atoms with Gasteiger partial charge in [0, 0.05) is 18.0 Å². The molecule has 5 atom stereocenters. The summed E-state index contributed by atoms with van der Waals surface area (Å²) in [4.78, 5) is 15.7. The quantitative estimate of drug-likeness (QED) is 0.305. The maximum absolute atomic E-state index is 11.9. The van der Waals surface area contributed by atoms with Crippen LogP contribution in [0.2, 0.25) is 0 Å². The van der Waals surface area contributed by atoms with Crippen LogP contribution in [0.25, 0.3) is 0 Å². The molecular formula is C19H21N3O7. The van der Waals surface area contributed by atoms with E-state index in [0.29, 0.717) is 16.9 Å². The predicted octanol–water partition coefficient (Wildman–Crippen LogP) is -0.976. The van der Waals surface area contributed by atoms with Gasteiger partial charge in [0.2, 0.25) is 6.29 Å². The number of amides is 1. The largest absolute Gasteiger partial charge is 0.462 e. The van der Waals surface area contributed by atoms with Crippen LogP contribution in [0.3, 0.4) is 0 Å². The molecule has 29 heavy (non-hydrogen) atoms. The zero-order valence-corrected chi connectivity index (χ0v) is 15.2. The Kier molecular flexibility index (Phi) is 6.86. The van der Waals surface area contributed by atoms with Gasteiger partial charge in [0.1, 0.15) is 30.2 Å². The maximum Gasteiger partial charge on any atom is 0.271 e. The van der Waals surface area contributed by atoms with Crippen LogP contribution >= 0.6 is 0 Å². The molecule has 0 aliphatic carbocycles. The fourth-order valence-electron chi connectivity index (χ4n) is 2.66. The molecule has 0 spiro atoms. The number of aromatic nitrogens is 1. The number of nitrogens with one attached hydrogen (secondary N) is 1. The van der Waals surface area contributed by atoms with E-state index in [1.165, 1.54) is 18.6 Å². The number of hydrogen-bond donors (Lipinski definition) is 5. The van der Waals surface area contributed by atoms with Crippen LogP contribution in [-0.2, 0) is 4.74 Å². The molecule has 10 nitrogen and oxygen atoms in total. The lowest BCUT2D eigenvalue weighted by molar-refractivity contribution is -0.277. The van der Waals surface area contributed by atoms with E-state index in [0.717, 1.165) is 0 Å². The van der Waals surface area contributed by atoms with Gasteiger partial charge in [-0.25, -0.2) is 5.43 Å². The van der Waals surface area contributed by atoms with Crippen LogP contribution in [-0.4, -0.2) is 74.8 Å². The Morgan fingerprint density at radius 3 is 2.45 bits per heavy atom. The van der Waals surface area contributed by atoms with Crippen LogP contribution in [0, 0.1) is 0 Å². The first kappa shape index (κ1) is 20.8. The lowest BCUT2D eigenvalue weighted by Gasteiger charge is -2.39. The molecule has 1 aromatic carbocycles. The van der Waals surface area contributed by atoms with Gasteiger partial charge in [-0.15, -0.1) is 0 Å². The van der Waals surface area contributed by atoms with E-state index < -0.39 is 37.3 Å². The molecule has 1 aliphatic rings. The van der Waals surface area contributed by atoms with E-state index in [4.69, 9.17) is 9.47 Å². The Bertz CT molecular complexity index is 829. The average molecular weight is 403 g/mol. The third-order valence-corrected chi connectivity index (χ3v) is 4.30. The predicted molar refractivity (Wildman–Crippen MR) is 100 cm³/mol. The van der Waals surface area contributed by atoms with Crippen molar-refractivity contribution in [2.45, 2.75) is 30.7 Å². The Morgan fingerprint density at radius 2 is 1.79 bits per heavy atom. The molecule has 1 saturated heterocycles. The van der Waals surface area contributed by atoms with Crippen molar-refractivity contribution in [1.82, 2.24) is 10.4 Å². The lowest BCUT2D eigenvalue weighted by Crippen LogP contribution is -2.60. The molecule has 5 N–H and O–H groups in total. The molecule has 2 heterocycles. The van der Waals surface area contributed by atoms with E-state index in [1.807, 2.05) is 0 Å². The summed E-state index contributed by atoms with van der Waals surface area (Å²) in [7, 11) is 0. The molecule has 3 rings (SSSR count). The van der Waals surface area contributed by atoms with E-state index >= 15 is 0 Å². The minimum Gasteiger partial charge on any atom is -0.462 e. The molecule has 5 unspecified atom stereocenters. The normalized spacial score (nSPS) is 27.0. The minimum absolute atomic E-state index is 0.326. The number of aliphatic hydroxyl groups is 4. The highest BCUT2D eigenvalue weighted by Crippen LogP contribution is 2.24. The fraction of sp³-hybridized carbons (Fsp3) is 0.316. The number of carbonyl (C=O) groups excluding carboxylic acids is 1. The van der Waals surface area contributed by atoms with Gasteiger partial charge in [0.05, 0.1) is 12.8 Å². The average Bonchev–Trinajstić information content (AvgIpc) is 2.75. The van der Waals surface area contributed by atoms with Crippen LogP contribution in [0.4, 0.5) is 0 Å². The van der Waals surface area contributed by atoms with Crippen molar-refractivity contribution >= 4 is 12.1 Å². The number of ether oxygens (including phenoxy) is 2. The van der Waals surface area contributed by atoms with Crippen molar-refractivity contribution in [3.05, 3.63) is 59.9 Å². The van der Waals surface area contributed by atoms with Gasteiger partial charge in [-0.1, -0.05) is 0 Å². The fourth-order valence-corrected chi connectivity index (χ4v) is 2.66. The highest BCUT2D eigenvalue weighted by Gasteiger charge is 2.44. The van der Waals surface area contributed by atoms with Gasteiger partial charge in [-0.3, -0.25) is 9.78 Å². The van der Waals surface area contributed by atoms with E-state index in [9.17, 15) is 25.2 Å². The summed E-state index contributed by atoms with van der Waals surface area (Å²) in [6.07, 6.45) is -2.30. The summed E-state index contributed by atoms with van der Waals surface area (Å²) in [6.45, 7) is -0.536. The van der Waals surface area contributed by atoms with Gasteiger partial charge in [0.15, 0.2) is 0 Å². The van der Waals surface area contributed by atoms with Gasteiger partial charge in [-0.2, -0.15) is 5.10 Å². The topological polar surface area (TPSA) is 154 Å². The highest BCUT2D eigenvalue weighted by molar-refractivity contribution is 5.94. The second-order valence-corrected chi connectivity index (χ2v) is 6.32. The Labute approximate surface area is 166 Å². The highest BCUT2D eigenvalue weighted by atomic mass is 16.7. The van der Waals surface area contributed by atoms with E-state index in [1.54, 1.807) is 36.4 Å². The summed E-state index contributed by atoms with van der Waals surface area (Å²) in [5.41, 5.74) is 3.50. The van der Waals surface area contributed by atoms with E-state index in [-0.39, 0.29) is 5.91 Å². The summed E-state index contributed by atoms with van der Waals surface area (Å²) in [6, 6.07) is 9.59. The summed E-state index contributed by atoms with van der Waals surface area (Å²) in [5, 5.41) is 42.6. The monoisotopic (exact) mass is 403 g/mol. The first-order chi connectivity index (χ1) is 14.0. The van der Waals surface area contributed by atoms with Gasteiger partial charge in [0.25, 0.3) is 5.91 Å². The molecule has 1 aliphatic heterocycles. The van der Waals surface area contributed by atoms with Crippen molar-refractivity contribution in [1.29, 1.82) is 0 Å². The number of pyridine rings is 1. The molecule has 1 aromatic heterocycles.